The van der Waals surface area contributed by atoms with Crippen molar-refractivity contribution in [2.75, 3.05) is 40.9 Å². The standard InChI is InChI=1S/C67H121N2O7P/c1-7-10-13-16-19-22-25-28-30-32-33-34-35-37-38-41-44-47-50-53-56-59-66(70)68-64(63-75-77(72,73)74-62-61-69(4,5)6)65(58-55-52-49-46-43-40-27-24-21-18-15-12-9-3)76-67(71)60-57-54-51-48-45-42-39-36-31-29-26-23-20-17-14-11-8-2/h19-20,22-23,28-31,33-34,37-38,55,58,64-65H,7-18,21,24-27,32,35-36,39-54,56-57,59-63H2,1-6H3,(H-,68,70,72,73)/p+1/b22-19-,23-20-,30-28-,31-29-,34-33-,38-37-,58-55-. The number of hydrogen-bond acceptors (Lipinski definition) is 6. The average Bonchev–Trinajstić information content (AvgIpc) is 3.39. The third kappa shape index (κ3) is 57.7. The van der Waals surface area contributed by atoms with Crippen LogP contribution in [0.5, 0.6) is 0 Å². The first kappa shape index (κ1) is 74.2. The minimum absolute atomic E-state index is 0.0316. The Kier molecular flexibility index (Phi) is 54.4. The van der Waals surface area contributed by atoms with Crippen LogP contribution in [0.2, 0.25) is 0 Å². The molecule has 0 fully saturated rings. The maximum absolute atomic E-state index is 13.6. The monoisotopic (exact) mass is 1100 g/mol. The van der Waals surface area contributed by atoms with E-state index in [9.17, 15) is 19.0 Å². The van der Waals surface area contributed by atoms with Gasteiger partial charge in [-0.3, -0.25) is 18.6 Å². The van der Waals surface area contributed by atoms with Crippen molar-refractivity contribution in [3.63, 3.8) is 0 Å². The third-order valence-corrected chi connectivity index (χ3v) is 14.8. The first-order valence-corrected chi connectivity index (χ1v) is 33.4. The van der Waals surface area contributed by atoms with Crippen LogP contribution < -0.4 is 5.32 Å². The van der Waals surface area contributed by atoms with Gasteiger partial charge in [0, 0.05) is 12.8 Å². The Morgan fingerprint density at radius 2 is 0.792 bits per heavy atom. The van der Waals surface area contributed by atoms with E-state index in [0.29, 0.717) is 17.4 Å². The summed E-state index contributed by atoms with van der Waals surface area (Å²) in [6, 6.07) is -0.866. The fourth-order valence-corrected chi connectivity index (χ4v) is 9.57. The average molecular weight is 1100 g/mol. The van der Waals surface area contributed by atoms with Gasteiger partial charge in [-0.1, -0.05) is 241 Å². The van der Waals surface area contributed by atoms with Crippen molar-refractivity contribution in [2.24, 2.45) is 0 Å². The highest BCUT2D eigenvalue weighted by Crippen LogP contribution is 2.43. The normalized spacial score (nSPS) is 14.2. The van der Waals surface area contributed by atoms with Crippen molar-refractivity contribution in [3.05, 3.63) is 85.1 Å². The molecule has 0 aliphatic carbocycles. The molecule has 77 heavy (non-hydrogen) atoms. The highest BCUT2D eigenvalue weighted by molar-refractivity contribution is 7.47. The van der Waals surface area contributed by atoms with Gasteiger partial charge in [-0.15, -0.1) is 0 Å². The van der Waals surface area contributed by atoms with Crippen molar-refractivity contribution in [1.82, 2.24) is 5.32 Å². The number of likely N-dealkylation sites (N-methyl/N-ethyl adjacent to an activating group) is 1. The van der Waals surface area contributed by atoms with Crippen molar-refractivity contribution in [3.8, 4) is 0 Å². The number of amides is 1. The van der Waals surface area contributed by atoms with Crippen LogP contribution in [0.25, 0.3) is 0 Å². The van der Waals surface area contributed by atoms with E-state index in [1.807, 2.05) is 33.3 Å². The van der Waals surface area contributed by atoms with Crippen LogP contribution in [0.3, 0.4) is 0 Å². The molecular weight excluding hydrogens is 976 g/mol. The number of carbonyl (C=O) groups excluding carboxylic acids is 2. The minimum Gasteiger partial charge on any atom is -0.456 e. The number of allylic oxidation sites excluding steroid dienone is 13. The molecule has 9 nitrogen and oxygen atoms in total. The Hall–Kier alpha value is -2.81. The molecule has 0 bridgehead atoms. The van der Waals surface area contributed by atoms with Crippen molar-refractivity contribution >= 4 is 19.7 Å². The van der Waals surface area contributed by atoms with Crippen LogP contribution in [0.15, 0.2) is 85.1 Å². The Labute approximate surface area is 476 Å². The van der Waals surface area contributed by atoms with E-state index in [1.54, 1.807) is 0 Å². The Morgan fingerprint density at radius 1 is 0.455 bits per heavy atom. The number of phosphoric ester groups is 1. The molecule has 0 aromatic heterocycles. The van der Waals surface area contributed by atoms with Gasteiger partial charge in [-0.25, -0.2) is 4.57 Å². The van der Waals surface area contributed by atoms with Crippen LogP contribution in [0, 0.1) is 0 Å². The van der Waals surface area contributed by atoms with Crippen LogP contribution in [-0.2, 0) is 27.9 Å². The van der Waals surface area contributed by atoms with Gasteiger partial charge in [0.15, 0.2) is 0 Å². The summed E-state index contributed by atoms with van der Waals surface area (Å²) in [5, 5.41) is 3.05. The molecule has 0 saturated carbocycles. The molecule has 10 heteroatoms. The lowest BCUT2D eigenvalue weighted by Gasteiger charge is -2.27. The molecular formula is C67H122N2O7P+. The van der Waals surface area contributed by atoms with Crippen molar-refractivity contribution < 1.29 is 37.3 Å². The zero-order valence-electron chi connectivity index (χ0n) is 50.9. The molecule has 0 radical (unpaired) electrons. The molecule has 3 unspecified atom stereocenters. The fraction of sp³-hybridized carbons (Fsp3) is 0.761. The van der Waals surface area contributed by atoms with Crippen molar-refractivity contribution in [1.29, 1.82) is 0 Å². The molecule has 2 N–H and O–H groups in total. The predicted octanol–water partition coefficient (Wildman–Crippen LogP) is 19.8. The van der Waals surface area contributed by atoms with Crippen LogP contribution in [0.1, 0.15) is 278 Å². The second-order valence-electron chi connectivity index (χ2n) is 22.6. The summed E-state index contributed by atoms with van der Waals surface area (Å²) in [7, 11) is 1.47. The van der Waals surface area contributed by atoms with E-state index in [4.69, 9.17) is 13.8 Å². The Bertz CT molecular complexity index is 1590. The quantitative estimate of drug-likeness (QED) is 0.0205. The zero-order chi connectivity index (χ0) is 56.4. The maximum Gasteiger partial charge on any atom is 0.472 e. The SMILES string of the molecule is CCCCC/C=C\C/C=C\C/C=C\C/C=C\CCCCCCCC(=O)NC(COP(=O)(O)OCC[N+](C)(C)C)C(/C=C\CCCCCCCCCCCCC)OC(=O)CCCCCCCCC/C=C\C/C=C\CCCCC. The number of unbranched alkanes of at least 4 members (excludes halogenated alkanes) is 29. The molecule has 446 valence electrons. The van der Waals surface area contributed by atoms with E-state index in [0.717, 1.165) is 116 Å². The van der Waals surface area contributed by atoms with Gasteiger partial charge in [0.1, 0.15) is 19.3 Å². The van der Waals surface area contributed by atoms with E-state index < -0.39 is 20.0 Å². The largest absolute Gasteiger partial charge is 0.472 e. The number of nitrogens with zero attached hydrogens (tertiary/aromatic N) is 1. The van der Waals surface area contributed by atoms with Crippen LogP contribution in [0.4, 0.5) is 0 Å². The second kappa shape index (κ2) is 56.5. The van der Waals surface area contributed by atoms with E-state index in [2.05, 4.69) is 99.0 Å². The number of carbonyl (C=O) groups is 2. The van der Waals surface area contributed by atoms with E-state index in [1.165, 1.54) is 128 Å². The molecule has 0 aliphatic heterocycles. The minimum atomic E-state index is -4.46. The van der Waals surface area contributed by atoms with Gasteiger partial charge < -0.3 is 19.4 Å². The number of rotatable bonds is 57. The number of hydrogen-bond donors (Lipinski definition) is 2. The summed E-state index contributed by atoms with van der Waals surface area (Å²) in [5.74, 6) is -0.534. The Morgan fingerprint density at radius 3 is 1.21 bits per heavy atom. The molecule has 0 rings (SSSR count). The smallest absolute Gasteiger partial charge is 0.456 e. The number of phosphoric acid groups is 1. The summed E-state index contributed by atoms with van der Waals surface area (Å²) in [5.41, 5.74) is 0. The van der Waals surface area contributed by atoms with Gasteiger partial charge >= 0.3 is 13.8 Å². The summed E-state index contributed by atoms with van der Waals surface area (Å²) >= 11 is 0. The lowest BCUT2D eigenvalue weighted by atomic mass is 10.0. The molecule has 0 aliphatic rings. The molecule has 0 aromatic rings. The van der Waals surface area contributed by atoms with Gasteiger partial charge in [0.05, 0.1) is 33.8 Å². The van der Waals surface area contributed by atoms with Crippen molar-refractivity contribution in [2.45, 2.75) is 290 Å². The number of nitrogens with one attached hydrogen (secondary N) is 1. The van der Waals surface area contributed by atoms with E-state index in [-0.39, 0.29) is 31.5 Å². The first-order chi connectivity index (χ1) is 37.4. The summed E-state index contributed by atoms with van der Waals surface area (Å²) in [6.45, 7) is 6.95. The highest BCUT2D eigenvalue weighted by atomic mass is 31.2. The highest BCUT2D eigenvalue weighted by Gasteiger charge is 2.30. The summed E-state index contributed by atoms with van der Waals surface area (Å²) in [6.07, 6.45) is 74.3. The molecule has 0 saturated heterocycles. The zero-order valence-corrected chi connectivity index (χ0v) is 51.8. The molecule has 1 amide bonds. The van der Waals surface area contributed by atoms with E-state index >= 15 is 0 Å². The lowest BCUT2D eigenvalue weighted by molar-refractivity contribution is -0.870. The Balaban J connectivity index is 5.32. The molecule has 3 atom stereocenters. The van der Waals surface area contributed by atoms with Gasteiger partial charge in [-0.2, -0.15) is 0 Å². The lowest BCUT2D eigenvalue weighted by Crippen LogP contribution is -2.47. The van der Waals surface area contributed by atoms with Crippen LogP contribution in [-0.4, -0.2) is 74.3 Å². The molecule has 0 heterocycles. The molecule has 0 aromatic carbocycles. The number of quaternary nitrogens is 1. The molecule has 0 spiro atoms. The van der Waals surface area contributed by atoms with Gasteiger partial charge in [0.2, 0.25) is 5.91 Å². The number of ether oxygens (including phenoxy) is 1. The topological polar surface area (TPSA) is 111 Å². The third-order valence-electron chi connectivity index (χ3n) is 13.8. The first-order valence-electron chi connectivity index (χ1n) is 31.9. The van der Waals surface area contributed by atoms with Gasteiger partial charge in [0.25, 0.3) is 0 Å². The van der Waals surface area contributed by atoms with Gasteiger partial charge in [-0.05, 0) is 109 Å². The second-order valence-corrected chi connectivity index (χ2v) is 24.0. The number of esters is 1. The summed E-state index contributed by atoms with van der Waals surface area (Å²) in [4.78, 5) is 37.8. The maximum atomic E-state index is 13.6. The predicted molar refractivity (Wildman–Crippen MR) is 332 cm³/mol. The fourth-order valence-electron chi connectivity index (χ4n) is 8.84. The van der Waals surface area contributed by atoms with Crippen LogP contribution >= 0.6 is 7.82 Å². The summed E-state index contributed by atoms with van der Waals surface area (Å²) < 4.78 is 30.7.